The molecule has 0 aliphatic heterocycles. The zero-order valence-corrected chi connectivity index (χ0v) is 4.37. The summed E-state index contributed by atoms with van der Waals surface area (Å²) in [5.41, 5.74) is 0. The van der Waals surface area contributed by atoms with Crippen LogP contribution in [0, 0.1) is 0 Å². The number of hydrogen-bond donors (Lipinski definition) is 2. The van der Waals surface area contributed by atoms with Crippen molar-refractivity contribution in [2.75, 3.05) is 0 Å². The third kappa shape index (κ3) is 1.03. The number of H-pyrrole nitrogens is 1. The standard InChI is InChI=1S/C3H4N4O2/c4-9-3(8)2-5-1-6-7-2/h1H,4H2,(H,5,6,7). The summed E-state index contributed by atoms with van der Waals surface area (Å²) >= 11 is 0. The molecule has 3 N–H and O–H groups in total. The molecule has 9 heavy (non-hydrogen) atoms. The highest BCUT2D eigenvalue weighted by Crippen LogP contribution is 1.84. The fraction of sp³-hybridized carbons (Fsp3) is 0. The van der Waals surface area contributed by atoms with E-state index < -0.39 is 5.97 Å². The number of hydrogen-bond acceptors (Lipinski definition) is 5. The molecule has 0 amide bonds. The molecule has 0 fully saturated rings. The van der Waals surface area contributed by atoms with Gasteiger partial charge in [0.25, 0.3) is 0 Å². The van der Waals surface area contributed by atoms with Crippen LogP contribution in [0.3, 0.4) is 0 Å². The summed E-state index contributed by atoms with van der Waals surface area (Å²) in [6.45, 7) is 0. The van der Waals surface area contributed by atoms with E-state index in [1.54, 1.807) is 0 Å². The van der Waals surface area contributed by atoms with Crippen LogP contribution in [-0.4, -0.2) is 21.2 Å². The highest BCUT2D eigenvalue weighted by Gasteiger charge is 2.06. The maximum Gasteiger partial charge on any atom is 0.394 e. The lowest BCUT2D eigenvalue weighted by Gasteiger charge is -1.87. The zero-order chi connectivity index (χ0) is 6.69. The van der Waals surface area contributed by atoms with Gasteiger partial charge in [-0.05, 0) is 0 Å². The van der Waals surface area contributed by atoms with Crippen molar-refractivity contribution in [1.29, 1.82) is 0 Å². The number of aromatic nitrogens is 3. The Morgan fingerprint density at radius 3 is 3.11 bits per heavy atom. The first kappa shape index (κ1) is 5.70. The molecule has 0 atom stereocenters. The molecule has 0 spiro atoms. The van der Waals surface area contributed by atoms with Gasteiger partial charge in [0.1, 0.15) is 6.33 Å². The van der Waals surface area contributed by atoms with Crippen molar-refractivity contribution in [1.82, 2.24) is 15.2 Å². The first-order valence-electron chi connectivity index (χ1n) is 2.11. The Kier molecular flexibility index (Phi) is 1.41. The van der Waals surface area contributed by atoms with E-state index in [0.29, 0.717) is 0 Å². The molecule has 0 radical (unpaired) electrons. The van der Waals surface area contributed by atoms with E-state index >= 15 is 0 Å². The lowest BCUT2D eigenvalue weighted by molar-refractivity contribution is 0.0489. The maximum absolute atomic E-state index is 10.4. The molecule has 0 saturated carbocycles. The maximum atomic E-state index is 10.4. The van der Waals surface area contributed by atoms with Gasteiger partial charge in [0.15, 0.2) is 0 Å². The van der Waals surface area contributed by atoms with Gasteiger partial charge >= 0.3 is 5.97 Å². The lowest BCUT2D eigenvalue weighted by atomic mass is 10.6. The predicted octanol–water partition coefficient (Wildman–Crippen LogP) is -1.16. The van der Waals surface area contributed by atoms with E-state index in [2.05, 4.69) is 25.9 Å². The molecule has 0 bridgehead atoms. The SMILES string of the molecule is NOC(=O)c1ncn[nH]1. The number of rotatable bonds is 1. The monoisotopic (exact) mass is 128 g/mol. The Bertz CT molecular complexity index is 194. The number of nitrogens with zero attached hydrogens (tertiary/aromatic N) is 2. The van der Waals surface area contributed by atoms with Gasteiger partial charge in [0.05, 0.1) is 0 Å². The minimum absolute atomic E-state index is 0.00231. The average Bonchev–Trinajstić information content (AvgIpc) is 2.37. The number of nitrogens with two attached hydrogens (primary N) is 1. The van der Waals surface area contributed by atoms with E-state index in [-0.39, 0.29) is 5.82 Å². The van der Waals surface area contributed by atoms with Gasteiger partial charge in [-0.3, -0.25) is 5.10 Å². The van der Waals surface area contributed by atoms with Crippen molar-refractivity contribution >= 4 is 5.97 Å². The summed E-state index contributed by atoms with van der Waals surface area (Å²) in [5.74, 6) is 3.79. The summed E-state index contributed by atoms with van der Waals surface area (Å²) in [6.07, 6.45) is 1.19. The predicted molar refractivity (Wildman–Crippen MR) is 26.0 cm³/mol. The van der Waals surface area contributed by atoms with Crippen molar-refractivity contribution in [2.45, 2.75) is 0 Å². The molecule has 0 aliphatic rings. The Balaban J connectivity index is 2.77. The quantitative estimate of drug-likeness (QED) is 0.465. The Morgan fingerprint density at radius 1 is 1.89 bits per heavy atom. The number of carbonyl (C=O) groups excluding carboxylic acids is 1. The normalized spacial score (nSPS) is 9.00. The van der Waals surface area contributed by atoms with Crippen LogP contribution in [0.4, 0.5) is 0 Å². The summed E-state index contributed by atoms with van der Waals surface area (Å²) in [4.78, 5) is 17.7. The van der Waals surface area contributed by atoms with Crippen molar-refractivity contribution < 1.29 is 9.63 Å². The fourth-order valence-corrected chi connectivity index (χ4v) is 0.360. The number of aromatic amines is 1. The Labute approximate surface area is 50.0 Å². The Hall–Kier alpha value is -1.43. The minimum atomic E-state index is -0.729. The molecule has 1 aromatic heterocycles. The van der Waals surface area contributed by atoms with E-state index in [0.717, 1.165) is 0 Å². The van der Waals surface area contributed by atoms with Gasteiger partial charge in [-0.2, -0.15) is 11.0 Å². The Morgan fingerprint density at radius 2 is 2.67 bits per heavy atom. The third-order valence-corrected chi connectivity index (χ3v) is 0.715. The van der Waals surface area contributed by atoms with Gasteiger partial charge in [0, 0.05) is 0 Å². The van der Waals surface area contributed by atoms with Crippen LogP contribution in [0.5, 0.6) is 0 Å². The molecule has 0 unspecified atom stereocenters. The molecule has 1 rings (SSSR count). The molecular weight excluding hydrogens is 124 g/mol. The summed E-state index contributed by atoms with van der Waals surface area (Å²) < 4.78 is 0. The van der Waals surface area contributed by atoms with Crippen molar-refractivity contribution in [3.8, 4) is 0 Å². The molecule has 1 heterocycles. The van der Waals surface area contributed by atoms with Gasteiger partial charge in [-0.1, -0.05) is 0 Å². The van der Waals surface area contributed by atoms with Crippen LogP contribution >= 0.6 is 0 Å². The van der Waals surface area contributed by atoms with Crippen molar-refractivity contribution in [2.24, 2.45) is 5.90 Å². The molecule has 6 heteroatoms. The van der Waals surface area contributed by atoms with Crippen molar-refractivity contribution in [3.63, 3.8) is 0 Å². The van der Waals surface area contributed by atoms with E-state index in [1.165, 1.54) is 6.33 Å². The van der Waals surface area contributed by atoms with Gasteiger partial charge in [-0.25, -0.2) is 9.78 Å². The molecule has 48 valence electrons. The summed E-state index contributed by atoms with van der Waals surface area (Å²) in [5, 5.41) is 5.67. The smallest absolute Gasteiger partial charge is 0.367 e. The zero-order valence-electron chi connectivity index (χ0n) is 4.37. The van der Waals surface area contributed by atoms with E-state index in [4.69, 9.17) is 0 Å². The fourth-order valence-electron chi connectivity index (χ4n) is 0.360. The minimum Gasteiger partial charge on any atom is -0.367 e. The average molecular weight is 128 g/mol. The van der Waals surface area contributed by atoms with Crippen LogP contribution in [0.2, 0.25) is 0 Å². The third-order valence-electron chi connectivity index (χ3n) is 0.715. The molecule has 0 aromatic carbocycles. The van der Waals surface area contributed by atoms with Crippen LogP contribution in [0.25, 0.3) is 0 Å². The molecule has 6 nitrogen and oxygen atoms in total. The molecule has 1 aromatic rings. The lowest BCUT2D eigenvalue weighted by Crippen LogP contribution is -2.11. The van der Waals surface area contributed by atoms with E-state index in [1.807, 2.05) is 0 Å². The van der Waals surface area contributed by atoms with Crippen LogP contribution in [0.1, 0.15) is 10.6 Å². The van der Waals surface area contributed by atoms with Gasteiger partial charge in [-0.15, -0.1) is 0 Å². The number of nitrogens with one attached hydrogen (secondary N) is 1. The summed E-state index contributed by atoms with van der Waals surface area (Å²) in [7, 11) is 0. The second-order valence-corrected chi connectivity index (χ2v) is 1.24. The molecular formula is C3H4N4O2. The first-order valence-corrected chi connectivity index (χ1v) is 2.11. The second kappa shape index (κ2) is 2.23. The van der Waals surface area contributed by atoms with Crippen molar-refractivity contribution in [3.05, 3.63) is 12.2 Å². The number of carbonyl (C=O) groups is 1. The largest absolute Gasteiger partial charge is 0.394 e. The molecule has 0 aliphatic carbocycles. The van der Waals surface area contributed by atoms with Gasteiger partial charge < -0.3 is 4.84 Å². The summed E-state index contributed by atoms with van der Waals surface area (Å²) in [6, 6.07) is 0. The van der Waals surface area contributed by atoms with Crippen LogP contribution in [0.15, 0.2) is 6.33 Å². The van der Waals surface area contributed by atoms with Gasteiger partial charge in [0.2, 0.25) is 5.82 Å². The van der Waals surface area contributed by atoms with Crippen LogP contribution < -0.4 is 5.90 Å². The second-order valence-electron chi connectivity index (χ2n) is 1.24. The molecule has 0 saturated heterocycles. The highest BCUT2D eigenvalue weighted by atomic mass is 16.7. The van der Waals surface area contributed by atoms with E-state index in [9.17, 15) is 4.79 Å². The van der Waals surface area contributed by atoms with Crippen LogP contribution in [-0.2, 0) is 4.84 Å². The highest BCUT2D eigenvalue weighted by molar-refractivity contribution is 5.84. The first-order chi connectivity index (χ1) is 4.34. The topological polar surface area (TPSA) is 93.9 Å².